The molecule has 0 atom stereocenters. The number of likely N-dealkylation sites (N-methyl/N-ethyl adjacent to an activating group) is 1. The molecule has 1 aliphatic heterocycles. The summed E-state index contributed by atoms with van der Waals surface area (Å²) in [6, 6.07) is 7.04. The largest absolute Gasteiger partial charge is 0.484 e. The van der Waals surface area contributed by atoms with E-state index >= 15 is 0 Å². The highest BCUT2D eigenvalue weighted by Gasteiger charge is 2.30. The zero-order chi connectivity index (χ0) is 15.4. The molecule has 0 aliphatic carbocycles. The van der Waals surface area contributed by atoms with Crippen LogP contribution in [0.5, 0.6) is 5.75 Å². The molecule has 1 aromatic rings. The Morgan fingerprint density at radius 2 is 2.10 bits per heavy atom. The molecule has 0 saturated carbocycles. The van der Waals surface area contributed by atoms with Crippen LogP contribution in [0.15, 0.2) is 29.2 Å². The van der Waals surface area contributed by atoms with Crippen molar-refractivity contribution in [3.05, 3.63) is 34.7 Å². The molecule has 1 saturated heterocycles. The molecule has 110 valence electrons. The number of ether oxygens (including phenoxy) is 1. The third-order valence-electron chi connectivity index (χ3n) is 2.75. The molecule has 2 N–H and O–H groups in total. The van der Waals surface area contributed by atoms with Crippen LogP contribution in [-0.2, 0) is 9.59 Å². The van der Waals surface area contributed by atoms with Crippen molar-refractivity contribution in [2.24, 2.45) is 5.73 Å². The van der Waals surface area contributed by atoms with Gasteiger partial charge < -0.3 is 10.5 Å². The summed E-state index contributed by atoms with van der Waals surface area (Å²) in [5, 5.41) is 0. The van der Waals surface area contributed by atoms with E-state index in [2.05, 4.69) is 0 Å². The van der Waals surface area contributed by atoms with Crippen LogP contribution < -0.4 is 10.5 Å². The number of carbonyl (C=O) groups excluding carboxylic acids is 2. The Hall–Kier alpha value is -1.86. The lowest BCUT2D eigenvalue weighted by molar-refractivity contribution is -0.122. The minimum Gasteiger partial charge on any atom is -0.484 e. The van der Waals surface area contributed by atoms with Gasteiger partial charge in [-0.05, 0) is 30.7 Å². The average molecular weight is 322 g/mol. The number of amides is 2. The Morgan fingerprint density at radius 3 is 2.62 bits per heavy atom. The van der Waals surface area contributed by atoms with Gasteiger partial charge in [0.2, 0.25) is 0 Å². The maximum Gasteiger partial charge on any atom is 0.266 e. The van der Waals surface area contributed by atoms with Crippen molar-refractivity contribution in [2.45, 2.75) is 6.92 Å². The summed E-state index contributed by atoms with van der Waals surface area (Å²) in [4.78, 5) is 24.9. The predicted molar refractivity (Wildman–Crippen MR) is 86.7 cm³/mol. The number of carbonyl (C=O) groups is 2. The van der Waals surface area contributed by atoms with Gasteiger partial charge in [-0.2, -0.15) is 0 Å². The monoisotopic (exact) mass is 322 g/mol. The van der Waals surface area contributed by atoms with Gasteiger partial charge in [-0.1, -0.05) is 36.1 Å². The second-order valence-electron chi connectivity index (χ2n) is 4.25. The molecule has 0 radical (unpaired) electrons. The number of benzene rings is 1. The molecule has 1 aliphatic rings. The number of primary amides is 1. The fraction of sp³-hybridized carbons (Fsp3) is 0.214. The van der Waals surface area contributed by atoms with E-state index in [0.717, 1.165) is 5.56 Å². The molecule has 2 amide bonds. The van der Waals surface area contributed by atoms with E-state index < -0.39 is 5.91 Å². The molecule has 0 spiro atoms. The molecule has 1 aromatic carbocycles. The van der Waals surface area contributed by atoms with Gasteiger partial charge in [0.15, 0.2) is 6.61 Å². The Balaban J connectivity index is 2.09. The van der Waals surface area contributed by atoms with E-state index in [1.54, 1.807) is 35.2 Å². The second kappa shape index (κ2) is 6.73. The minimum absolute atomic E-state index is 0.0680. The van der Waals surface area contributed by atoms with Crippen LogP contribution in [0.25, 0.3) is 6.08 Å². The van der Waals surface area contributed by atoms with Crippen LogP contribution in [0.4, 0.5) is 0 Å². The fourth-order valence-corrected chi connectivity index (χ4v) is 3.12. The van der Waals surface area contributed by atoms with E-state index in [1.165, 1.54) is 11.8 Å². The summed E-state index contributed by atoms with van der Waals surface area (Å²) in [7, 11) is 0. The van der Waals surface area contributed by atoms with Crippen LogP contribution in [0.1, 0.15) is 12.5 Å². The van der Waals surface area contributed by atoms with Gasteiger partial charge in [0, 0.05) is 6.54 Å². The van der Waals surface area contributed by atoms with Gasteiger partial charge in [0.25, 0.3) is 11.8 Å². The highest BCUT2D eigenvalue weighted by atomic mass is 32.2. The normalized spacial score (nSPS) is 16.6. The number of nitrogens with zero attached hydrogens (tertiary/aromatic N) is 1. The summed E-state index contributed by atoms with van der Waals surface area (Å²) in [5.41, 5.74) is 5.86. The number of thioether (sulfide) groups is 1. The molecule has 0 bridgehead atoms. The van der Waals surface area contributed by atoms with Crippen molar-refractivity contribution >= 4 is 46.2 Å². The van der Waals surface area contributed by atoms with Gasteiger partial charge in [-0.25, -0.2) is 0 Å². The summed E-state index contributed by atoms with van der Waals surface area (Å²) in [6.45, 7) is 2.30. The SMILES string of the molecule is CCN1C(=O)/C(=C/c2ccc(OCC(N)=O)cc2)SC1=S. The quantitative estimate of drug-likeness (QED) is 0.661. The van der Waals surface area contributed by atoms with E-state index in [4.69, 9.17) is 22.7 Å². The van der Waals surface area contributed by atoms with Crippen LogP contribution in [0.2, 0.25) is 0 Å². The first kappa shape index (κ1) is 15.5. The summed E-state index contributed by atoms with van der Waals surface area (Å²) < 4.78 is 5.75. The molecule has 1 fully saturated rings. The highest BCUT2D eigenvalue weighted by molar-refractivity contribution is 8.26. The molecule has 2 rings (SSSR count). The van der Waals surface area contributed by atoms with Crippen LogP contribution in [0.3, 0.4) is 0 Å². The third-order valence-corrected chi connectivity index (χ3v) is 4.13. The molecule has 0 unspecified atom stereocenters. The maximum absolute atomic E-state index is 12.1. The lowest BCUT2D eigenvalue weighted by Crippen LogP contribution is -2.27. The predicted octanol–water partition coefficient (Wildman–Crippen LogP) is 1.77. The van der Waals surface area contributed by atoms with E-state index in [0.29, 0.717) is 21.5 Å². The molecule has 0 aromatic heterocycles. The molecule has 5 nitrogen and oxygen atoms in total. The van der Waals surface area contributed by atoms with Gasteiger partial charge in [-0.3, -0.25) is 14.5 Å². The zero-order valence-corrected chi connectivity index (χ0v) is 13.0. The molecule has 21 heavy (non-hydrogen) atoms. The standard InChI is InChI=1S/C14H14N2O3S2/c1-2-16-13(18)11(21-14(16)20)7-9-3-5-10(6-4-9)19-8-12(15)17/h3-7H,2,8H2,1H3,(H2,15,17)/b11-7-. The molecular weight excluding hydrogens is 308 g/mol. The van der Waals surface area contributed by atoms with Gasteiger partial charge in [0.05, 0.1) is 4.91 Å². The number of hydrogen-bond acceptors (Lipinski definition) is 5. The van der Waals surface area contributed by atoms with E-state index in [1.807, 2.05) is 6.92 Å². The summed E-state index contributed by atoms with van der Waals surface area (Å²) in [5.74, 6) is -0.0454. The first-order valence-electron chi connectivity index (χ1n) is 6.27. The Kier molecular flexibility index (Phi) is 4.98. The Bertz CT molecular complexity index is 611. The van der Waals surface area contributed by atoms with Crippen molar-refractivity contribution < 1.29 is 14.3 Å². The molecule has 1 heterocycles. The average Bonchev–Trinajstić information content (AvgIpc) is 2.72. The lowest BCUT2D eigenvalue weighted by atomic mass is 10.2. The molecule has 7 heteroatoms. The highest BCUT2D eigenvalue weighted by Crippen LogP contribution is 2.32. The zero-order valence-electron chi connectivity index (χ0n) is 11.4. The second-order valence-corrected chi connectivity index (χ2v) is 5.93. The van der Waals surface area contributed by atoms with Gasteiger partial charge in [0.1, 0.15) is 10.1 Å². The topological polar surface area (TPSA) is 72.6 Å². The fourth-order valence-electron chi connectivity index (χ4n) is 1.74. The number of hydrogen-bond donors (Lipinski definition) is 1. The van der Waals surface area contributed by atoms with Crippen molar-refractivity contribution in [3.8, 4) is 5.75 Å². The first-order valence-corrected chi connectivity index (χ1v) is 7.50. The summed E-state index contributed by atoms with van der Waals surface area (Å²) in [6.07, 6.45) is 1.78. The maximum atomic E-state index is 12.1. The molecular formula is C14H14N2O3S2. The first-order chi connectivity index (χ1) is 10.0. The van der Waals surface area contributed by atoms with Crippen molar-refractivity contribution in [1.29, 1.82) is 0 Å². The van der Waals surface area contributed by atoms with Crippen molar-refractivity contribution in [2.75, 3.05) is 13.2 Å². The Morgan fingerprint density at radius 1 is 1.43 bits per heavy atom. The number of nitrogens with two attached hydrogens (primary N) is 1. The van der Waals surface area contributed by atoms with Crippen LogP contribution in [-0.4, -0.2) is 34.2 Å². The third kappa shape index (κ3) is 3.83. The van der Waals surface area contributed by atoms with E-state index in [-0.39, 0.29) is 12.5 Å². The Labute approximate surface area is 132 Å². The van der Waals surface area contributed by atoms with Gasteiger partial charge in [-0.15, -0.1) is 0 Å². The number of rotatable bonds is 5. The van der Waals surface area contributed by atoms with Crippen molar-refractivity contribution in [3.63, 3.8) is 0 Å². The minimum atomic E-state index is -0.526. The van der Waals surface area contributed by atoms with Crippen LogP contribution >= 0.6 is 24.0 Å². The number of thiocarbonyl (C=S) groups is 1. The van der Waals surface area contributed by atoms with E-state index in [9.17, 15) is 9.59 Å². The smallest absolute Gasteiger partial charge is 0.266 e. The van der Waals surface area contributed by atoms with Crippen LogP contribution in [0, 0.1) is 0 Å². The summed E-state index contributed by atoms with van der Waals surface area (Å²) >= 11 is 6.45. The lowest BCUT2D eigenvalue weighted by Gasteiger charge is -2.09. The van der Waals surface area contributed by atoms with Crippen molar-refractivity contribution in [1.82, 2.24) is 4.90 Å². The van der Waals surface area contributed by atoms with Gasteiger partial charge >= 0.3 is 0 Å².